The van der Waals surface area contributed by atoms with Crippen LogP contribution in [0.5, 0.6) is 0 Å². The Kier molecular flexibility index (Phi) is 4.16. The van der Waals surface area contributed by atoms with Gasteiger partial charge in [0.05, 0.1) is 22.6 Å². The van der Waals surface area contributed by atoms with E-state index in [9.17, 15) is 0 Å². The normalized spacial score (nSPS) is 11.1. The van der Waals surface area contributed by atoms with Crippen LogP contribution >= 0.6 is 22.7 Å². The summed E-state index contributed by atoms with van der Waals surface area (Å²) >= 11 is 3.25. The Labute approximate surface area is 163 Å². The number of fused-ring (bicyclic) bond motifs is 1. The number of nitrogens with one attached hydrogen (secondary N) is 1. The Morgan fingerprint density at radius 2 is 1.93 bits per heavy atom. The highest BCUT2D eigenvalue weighted by atomic mass is 32.1. The lowest BCUT2D eigenvalue weighted by atomic mass is 10.2. The highest BCUT2D eigenvalue weighted by Gasteiger charge is 2.11. The number of thiophene rings is 2. The molecule has 5 rings (SSSR count). The molecule has 0 unspecified atom stereocenters. The van der Waals surface area contributed by atoms with E-state index >= 15 is 0 Å². The first-order chi connectivity index (χ1) is 13.4. The van der Waals surface area contributed by atoms with Crippen LogP contribution in [0.2, 0.25) is 0 Å². The molecule has 4 heterocycles. The van der Waals surface area contributed by atoms with Crippen LogP contribution in [0.4, 0.5) is 5.82 Å². The van der Waals surface area contributed by atoms with Gasteiger partial charge in [-0.1, -0.05) is 18.2 Å². The average Bonchev–Trinajstić information content (AvgIpc) is 3.48. The molecule has 5 aromatic rings. The zero-order valence-corrected chi connectivity index (χ0v) is 15.8. The van der Waals surface area contributed by atoms with E-state index in [4.69, 9.17) is 14.4 Å². The molecule has 5 nitrogen and oxygen atoms in total. The smallest absolute Gasteiger partial charge is 0.236 e. The van der Waals surface area contributed by atoms with Gasteiger partial charge in [-0.15, -0.1) is 11.3 Å². The number of benzene rings is 1. The second-order valence-electron chi connectivity index (χ2n) is 5.90. The van der Waals surface area contributed by atoms with E-state index in [1.54, 1.807) is 28.9 Å². The molecule has 0 fully saturated rings. The van der Waals surface area contributed by atoms with E-state index < -0.39 is 0 Å². The van der Waals surface area contributed by atoms with Gasteiger partial charge in [0, 0.05) is 16.3 Å². The standard InChI is InChI=1S/C20H14N4OS2/c1-2-5-16-15(4-1)19(24-18(23-16)13-7-9-26-12-13)21-10-14-11-25-20(22-14)17-6-3-8-27-17/h1-9,11-12H,10H2,(H,21,23,24). The zero-order chi connectivity index (χ0) is 18.1. The van der Waals surface area contributed by atoms with Gasteiger partial charge in [0.2, 0.25) is 5.89 Å². The molecule has 7 heteroatoms. The fourth-order valence-corrected chi connectivity index (χ4v) is 4.10. The summed E-state index contributed by atoms with van der Waals surface area (Å²) in [4.78, 5) is 15.0. The van der Waals surface area contributed by atoms with E-state index in [1.807, 2.05) is 53.2 Å². The Hall–Kier alpha value is -3.03. The number of aromatic nitrogens is 3. The molecule has 0 saturated heterocycles. The van der Waals surface area contributed by atoms with E-state index in [2.05, 4.69) is 15.7 Å². The maximum Gasteiger partial charge on any atom is 0.236 e. The molecular weight excluding hydrogens is 376 g/mol. The van der Waals surface area contributed by atoms with Crippen LogP contribution < -0.4 is 5.32 Å². The molecule has 0 amide bonds. The average molecular weight is 390 g/mol. The summed E-state index contributed by atoms with van der Waals surface area (Å²) in [6.07, 6.45) is 1.69. The Balaban J connectivity index is 1.46. The van der Waals surface area contributed by atoms with Gasteiger partial charge in [-0.3, -0.25) is 0 Å². The van der Waals surface area contributed by atoms with Crippen molar-refractivity contribution in [2.75, 3.05) is 5.32 Å². The van der Waals surface area contributed by atoms with Crippen molar-refractivity contribution < 1.29 is 4.42 Å². The first kappa shape index (κ1) is 16.2. The minimum Gasteiger partial charge on any atom is -0.443 e. The third-order valence-electron chi connectivity index (χ3n) is 4.10. The molecule has 0 aliphatic rings. The molecule has 0 atom stereocenters. The maximum absolute atomic E-state index is 5.60. The van der Waals surface area contributed by atoms with Crippen LogP contribution in [0, 0.1) is 0 Å². The lowest BCUT2D eigenvalue weighted by molar-refractivity contribution is 0.574. The number of oxazole rings is 1. The van der Waals surface area contributed by atoms with Crippen molar-refractivity contribution in [3.63, 3.8) is 0 Å². The van der Waals surface area contributed by atoms with E-state index in [0.717, 1.165) is 38.7 Å². The highest BCUT2D eigenvalue weighted by molar-refractivity contribution is 7.13. The summed E-state index contributed by atoms with van der Waals surface area (Å²) in [5.74, 6) is 2.16. The Morgan fingerprint density at radius 3 is 2.78 bits per heavy atom. The van der Waals surface area contributed by atoms with Crippen LogP contribution in [0.3, 0.4) is 0 Å². The van der Waals surface area contributed by atoms with Crippen molar-refractivity contribution in [3.05, 3.63) is 70.6 Å². The minimum atomic E-state index is 0.527. The minimum absolute atomic E-state index is 0.527. The zero-order valence-electron chi connectivity index (χ0n) is 14.1. The van der Waals surface area contributed by atoms with Gasteiger partial charge >= 0.3 is 0 Å². The first-order valence-corrected chi connectivity index (χ1v) is 10.2. The topological polar surface area (TPSA) is 63.8 Å². The van der Waals surface area contributed by atoms with Crippen LogP contribution in [-0.2, 0) is 6.54 Å². The molecule has 27 heavy (non-hydrogen) atoms. The third-order valence-corrected chi connectivity index (χ3v) is 5.64. The number of hydrogen-bond acceptors (Lipinski definition) is 7. The van der Waals surface area contributed by atoms with Gasteiger partial charge in [-0.25, -0.2) is 15.0 Å². The van der Waals surface area contributed by atoms with Crippen molar-refractivity contribution >= 4 is 39.4 Å². The molecule has 1 N–H and O–H groups in total. The van der Waals surface area contributed by atoms with Crippen molar-refractivity contribution in [1.82, 2.24) is 15.0 Å². The van der Waals surface area contributed by atoms with E-state index in [1.165, 1.54) is 0 Å². The van der Waals surface area contributed by atoms with E-state index in [-0.39, 0.29) is 0 Å². The molecule has 0 radical (unpaired) electrons. The van der Waals surface area contributed by atoms with Crippen molar-refractivity contribution in [2.24, 2.45) is 0 Å². The fraction of sp³-hybridized carbons (Fsp3) is 0.0500. The third kappa shape index (κ3) is 3.22. The SMILES string of the molecule is c1csc(-c2nc(CNc3nc(-c4ccsc4)nc4ccccc34)co2)c1. The molecule has 1 aromatic carbocycles. The molecule has 4 aromatic heterocycles. The summed E-state index contributed by atoms with van der Waals surface area (Å²) < 4.78 is 5.60. The largest absolute Gasteiger partial charge is 0.443 e. The molecular formula is C20H14N4OS2. The summed E-state index contributed by atoms with van der Waals surface area (Å²) in [5.41, 5.74) is 2.77. The quantitative estimate of drug-likeness (QED) is 0.418. The van der Waals surface area contributed by atoms with E-state index in [0.29, 0.717) is 12.4 Å². The molecule has 0 bridgehead atoms. The van der Waals surface area contributed by atoms with Crippen LogP contribution in [0.25, 0.3) is 33.1 Å². The molecule has 0 aliphatic carbocycles. The lowest BCUT2D eigenvalue weighted by Gasteiger charge is -2.09. The number of anilines is 1. The molecule has 0 aliphatic heterocycles. The first-order valence-electron chi connectivity index (χ1n) is 8.38. The van der Waals surface area contributed by atoms with Gasteiger partial charge < -0.3 is 9.73 Å². The second-order valence-corrected chi connectivity index (χ2v) is 7.63. The van der Waals surface area contributed by atoms with Crippen molar-refractivity contribution in [3.8, 4) is 22.2 Å². The number of nitrogens with zero attached hydrogens (tertiary/aromatic N) is 3. The Morgan fingerprint density at radius 1 is 0.963 bits per heavy atom. The summed E-state index contributed by atoms with van der Waals surface area (Å²) in [5, 5.41) is 10.5. The molecule has 132 valence electrons. The molecule has 0 saturated carbocycles. The highest BCUT2D eigenvalue weighted by Crippen LogP contribution is 2.27. The summed E-state index contributed by atoms with van der Waals surface area (Å²) in [7, 11) is 0. The van der Waals surface area contributed by atoms with Gasteiger partial charge in [0.25, 0.3) is 0 Å². The monoisotopic (exact) mass is 390 g/mol. The molecule has 0 spiro atoms. The van der Waals surface area contributed by atoms with Crippen LogP contribution in [0.15, 0.2) is 69.3 Å². The second kappa shape index (κ2) is 6.94. The Bertz CT molecular complexity index is 1180. The number of rotatable bonds is 5. The number of para-hydroxylation sites is 1. The van der Waals surface area contributed by atoms with Gasteiger partial charge in [-0.05, 0) is 35.0 Å². The predicted octanol–water partition coefficient (Wildman–Crippen LogP) is 5.69. The predicted molar refractivity (Wildman–Crippen MR) is 110 cm³/mol. The van der Waals surface area contributed by atoms with Gasteiger partial charge in [0.15, 0.2) is 5.82 Å². The number of hydrogen-bond donors (Lipinski definition) is 1. The fourth-order valence-electron chi connectivity index (χ4n) is 2.81. The van der Waals surface area contributed by atoms with Gasteiger partial charge in [-0.2, -0.15) is 11.3 Å². The summed E-state index contributed by atoms with van der Waals surface area (Å²) in [6, 6.07) is 14.0. The maximum atomic E-state index is 5.60. The van der Waals surface area contributed by atoms with Crippen LogP contribution in [-0.4, -0.2) is 15.0 Å². The summed E-state index contributed by atoms with van der Waals surface area (Å²) in [6.45, 7) is 0.527. The van der Waals surface area contributed by atoms with Crippen molar-refractivity contribution in [2.45, 2.75) is 6.54 Å². The lowest BCUT2D eigenvalue weighted by Crippen LogP contribution is -2.04. The van der Waals surface area contributed by atoms with Crippen molar-refractivity contribution in [1.29, 1.82) is 0 Å². The van der Waals surface area contributed by atoms with Gasteiger partial charge in [0.1, 0.15) is 12.1 Å². The van der Waals surface area contributed by atoms with Crippen LogP contribution in [0.1, 0.15) is 5.69 Å².